The van der Waals surface area contributed by atoms with Crippen molar-refractivity contribution in [1.29, 1.82) is 0 Å². The monoisotopic (exact) mass is 563 g/mol. The summed E-state index contributed by atoms with van der Waals surface area (Å²) < 4.78 is 5.69. The van der Waals surface area contributed by atoms with E-state index in [0.717, 1.165) is 27.8 Å². The van der Waals surface area contributed by atoms with Crippen LogP contribution >= 0.6 is 0 Å². The minimum atomic E-state index is -1.27. The number of alkyl carbamates (subject to hydrolysis) is 1. The van der Waals surface area contributed by atoms with Gasteiger partial charge in [0.05, 0.1) is 0 Å². The molecule has 1 unspecified atom stereocenters. The van der Waals surface area contributed by atoms with Gasteiger partial charge in [-0.1, -0.05) is 109 Å². The Kier molecular flexibility index (Phi) is 8.94. The van der Waals surface area contributed by atoms with E-state index in [9.17, 15) is 19.5 Å². The Morgan fingerprint density at radius 3 is 1.93 bits per heavy atom. The lowest BCUT2D eigenvalue weighted by molar-refractivity contribution is -0.142. The molecule has 0 bridgehead atoms. The Balaban J connectivity index is 1.30. The molecular formula is C34H33N3O5. The molecule has 0 spiro atoms. The summed E-state index contributed by atoms with van der Waals surface area (Å²) in [6, 6.07) is 31.9. The largest absolute Gasteiger partial charge is 0.479 e. The van der Waals surface area contributed by atoms with Gasteiger partial charge in [0.1, 0.15) is 12.6 Å². The molecule has 0 saturated heterocycles. The summed E-state index contributed by atoms with van der Waals surface area (Å²) in [5.41, 5.74) is 5.85. The highest BCUT2D eigenvalue weighted by molar-refractivity contribution is 5.90. The molecule has 0 heterocycles. The number of benzene rings is 4. The number of carboxylic acids is 1. The fourth-order valence-corrected chi connectivity index (χ4v) is 5.42. The van der Waals surface area contributed by atoms with Gasteiger partial charge in [0, 0.05) is 19.0 Å². The quantitative estimate of drug-likeness (QED) is 0.238. The van der Waals surface area contributed by atoms with E-state index >= 15 is 0 Å². The van der Waals surface area contributed by atoms with E-state index < -0.39 is 30.1 Å². The van der Waals surface area contributed by atoms with E-state index in [1.807, 2.05) is 78.7 Å². The fraction of sp³-hybridized carbons (Fsp3) is 0.206. The topological polar surface area (TPSA) is 108 Å². The Bertz CT molecular complexity index is 1500. The van der Waals surface area contributed by atoms with Crippen molar-refractivity contribution in [3.63, 3.8) is 0 Å². The fourth-order valence-electron chi connectivity index (χ4n) is 5.42. The number of nitrogens with one attached hydrogen (secondary N) is 2. The zero-order chi connectivity index (χ0) is 29.5. The van der Waals surface area contributed by atoms with Gasteiger partial charge in [-0.2, -0.15) is 0 Å². The van der Waals surface area contributed by atoms with Crippen molar-refractivity contribution >= 4 is 18.0 Å². The highest BCUT2D eigenvalue weighted by Crippen LogP contribution is 2.44. The molecule has 214 valence electrons. The molecule has 4 aromatic rings. The number of ether oxygens (including phenoxy) is 1. The van der Waals surface area contributed by atoms with Gasteiger partial charge in [0.2, 0.25) is 5.91 Å². The summed E-state index contributed by atoms with van der Waals surface area (Å²) >= 11 is 0. The maximum Gasteiger partial charge on any atom is 0.407 e. The first-order chi connectivity index (χ1) is 20.4. The highest BCUT2D eigenvalue weighted by atomic mass is 16.5. The third-order valence-electron chi connectivity index (χ3n) is 7.41. The van der Waals surface area contributed by atoms with Gasteiger partial charge < -0.3 is 20.5 Å². The number of rotatable bonds is 11. The predicted octanol–water partition coefficient (Wildman–Crippen LogP) is 4.97. The molecule has 2 amide bonds. The van der Waals surface area contributed by atoms with Gasteiger partial charge in [-0.15, -0.1) is 0 Å². The zero-order valence-corrected chi connectivity index (χ0v) is 23.3. The Morgan fingerprint density at radius 2 is 1.33 bits per heavy atom. The van der Waals surface area contributed by atoms with Crippen LogP contribution in [0.1, 0.15) is 34.2 Å². The van der Waals surface area contributed by atoms with Crippen LogP contribution in [0.5, 0.6) is 0 Å². The molecule has 5 rings (SSSR count). The first-order valence-corrected chi connectivity index (χ1v) is 13.8. The standard InChI is InChI=1S/C34H33N3O5/c1-37(20-23-12-4-2-5-13-23)21-30(32(38)36-31(33(39)40)24-14-6-3-7-15-24)35-34(41)42-22-29-27-18-10-8-16-25(27)26-17-9-11-19-28(26)29/h2-19,29-31H,20-22H2,1H3,(H,35,41)(H,36,38)(H,39,40)/t30?,31-/m1/s1. The average Bonchev–Trinajstić information content (AvgIpc) is 3.32. The molecular weight excluding hydrogens is 530 g/mol. The molecule has 8 heteroatoms. The number of likely N-dealkylation sites (N-methyl/N-ethyl adjacent to an activating group) is 1. The number of carboxylic acid groups (broad SMARTS) is 1. The molecule has 42 heavy (non-hydrogen) atoms. The molecule has 2 atom stereocenters. The van der Waals surface area contributed by atoms with E-state index in [1.54, 1.807) is 30.3 Å². The van der Waals surface area contributed by atoms with Gasteiger partial charge in [0.25, 0.3) is 0 Å². The number of aliphatic carboxylic acids is 1. The van der Waals surface area contributed by atoms with Gasteiger partial charge in [-0.25, -0.2) is 9.59 Å². The van der Waals surface area contributed by atoms with Crippen LogP contribution in [0.15, 0.2) is 109 Å². The second kappa shape index (κ2) is 13.1. The van der Waals surface area contributed by atoms with Crippen LogP contribution in [0, 0.1) is 0 Å². The maximum absolute atomic E-state index is 13.5. The molecule has 1 aliphatic rings. The smallest absolute Gasteiger partial charge is 0.407 e. The van der Waals surface area contributed by atoms with Crippen molar-refractivity contribution in [3.8, 4) is 11.1 Å². The molecule has 8 nitrogen and oxygen atoms in total. The number of fused-ring (bicyclic) bond motifs is 3. The lowest BCUT2D eigenvalue weighted by atomic mass is 9.98. The van der Waals surface area contributed by atoms with Gasteiger partial charge in [0.15, 0.2) is 6.04 Å². The van der Waals surface area contributed by atoms with Crippen LogP contribution in [0.4, 0.5) is 4.79 Å². The van der Waals surface area contributed by atoms with Crippen LogP contribution in [0.2, 0.25) is 0 Å². The lowest BCUT2D eigenvalue weighted by Gasteiger charge is -2.26. The summed E-state index contributed by atoms with van der Waals surface area (Å²) in [6.07, 6.45) is -0.753. The first kappa shape index (κ1) is 28.6. The number of carbonyl (C=O) groups excluding carboxylic acids is 2. The second-order valence-corrected chi connectivity index (χ2v) is 10.4. The van der Waals surface area contributed by atoms with E-state index in [-0.39, 0.29) is 19.1 Å². The summed E-state index contributed by atoms with van der Waals surface area (Å²) in [5.74, 6) is -1.96. The van der Waals surface area contributed by atoms with Crippen LogP contribution in [0.3, 0.4) is 0 Å². The summed E-state index contributed by atoms with van der Waals surface area (Å²) in [6.45, 7) is 0.750. The summed E-state index contributed by atoms with van der Waals surface area (Å²) in [7, 11) is 1.83. The minimum Gasteiger partial charge on any atom is -0.479 e. The molecule has 4 aromatic carbocycles. The van der Waals surface area contributed by atoms with Crippen LogP contribution < -0.4 is 10.6 Å². The molecule has 0 fully saturated rings. The first-order valence-electron chi connectivity index (χ1n) is 13.8. The van der Waals surface area contributed by atoms with Crippen molar-refractivity contribution in [2.24, 2.45) is 0 Å². The van der Waals surface area contributed by atoms with E-state index in [0.29, 0.717) is 12.1 Å². The molecule has 0 aliphatic heterocycles. The third kappa shape index (κ3) is 6.67. The van der Waals surface area contributed by atoms with Crippen molar-refractivity contribution < 1.29 is 24.2 Å². The van der Waals surface area contributed by atoms with Crippen LogP contribution in [0.25, 0.3) is 11.1 Å². The van der Waals surface area contributed by atoms with Crippen LogP contribution in [-0.4, -0.2) is 54.2 Å². The number of carbonyl (C=O) groups is 3. The van der Waals surface area contributed by atoms with Gasteiger partial charge in [-0.05, 0) is 40.4 Å². The number of nitrogens with zero attached hydrogens (tertiary/aromatic N) is 1. The Hall–Kier alpha value is -4.95. The van der Waals surface area contributed by atoms with Crippen LogP contribution in [-0.2, 0) is 20.9 Å². The molecule has 1 aliphatic carbocycles. The second-order valence-electron chi connectivity index (χ2n) is 10.4. The Labute approximate surface area is 244 Å². The third-order valence-corrected chi connectivity index (χ3v) is 7.41. The number of hydrogen-bond donors (Lipinski definition) is 3. The van der Waals surface area contributed by atoms with E-state index in [4.69, 9.17) is 4.74 Å². The molecule has 3 N–H and O–H groups in total. The summed E-state index contributed by atoms with van der Waals surface area (Å²) in [4.78, 5) is 40.5. The van der Waals surface area contributed by atoms with Gasteiger partial charge in [-0.3, -0.25) is 9.69 Å². The SMILES string of the molecule is CN(Cc1ccccc1)CC(NC(=O)OCC1c2ccccc2-c2ccccc21)C(=O)N[C@@H](C(=O)O)c1ccccc1. The molecule has 0 saturated carbocycles. The lowest BCUT2D eigenvalue weighted by Crippen LogP contribution is -2.53. The normalized spacial score (nSPS) is 13.5. The van der Waals surface area contributed by atoms with Crippen molar-refractivity contribution in [1.82, 2.24) is 15.5 Å². The number of amides is 2. The molecule has 0 aromatic heterocycles. The van der Waals surface area contributed by atoms with Crippen molar-refractivity contribution in [3.05, 3.63) is 131 Å². The average molecular weight is 564 g/mol. The summed E-state index contributed by atoms with van der Waals surface area (Å²) in [5, 5.41) is 15.1. The van der Waals surface area contributed by atoms with E-state index in [2.05, 4.69) is 22.8 Å². The zero-order valence-electron chi connectivity index (χ0n) is 23.3. The van der Waals surface area contributed by atoms with Crippen molar-refractivity contribution in [2.75, 3.05) is 20.2 Å². The number of hydrogen-bond acceptors (Lipinski definition) is 5. The highest BCUT2D eigenvalue weighted by Gasteiger charge is 2.31. The van der Waals surface area contributed by atoms with E-state index in [1.165, 1.54) is 0 Å². The Morgan fingerprint density at radius 1 is 0.786 bits per heavy atom. The van der Waals surface area contributed by atoms with Gasteiger partial charge >= 0.3 is 12.1 Å². The minimum absolute atomic E-state index is 0.0931. The molecule has 0 radical (unpaired) electrons. The van der Waals surface area contributed by atoms with Crippen molar-refractivity contribution in [2.45, 2.75) is 24.5 Å². The predicted molar refractivity (Wildman–Crippen MR) is 160 cm³/mol. The maximum atomic E-state index is 13.5.